The molecule has 26 heavy (non-hydrogen) atoms. The summed E-state index contributed by atoms with van der Waals surface area (Å²) in [7, 11) is 1.36. The van der Waals surface area contributed by atoms with E-state index in [2.05, 4.69) is 18.8 Å². The highest BCUT2D eigenvalue weighted by molar-refractivity contribution is 5.89. The minimum atomic E-state index is -0.364. The summed E-state index contributed by atoms with van der Waals surface area (Å²) in [4.78, 5) is 16.0. The summed E-state index contributed by atoms with van der Waals surface area (Å²) >= 11 is 0. The summed E-state index contributed by atoms with van der Waals surface area (Å²) in [6.07, 6.45) is 1.60. The summed E-state index contributed by atoms with van der Waals surface area (Å²) in [5.41, 5.74) is 2.94. The second kappa shape index (κ2) is 7.87. The summed E-state index contributed by atoms with van der Waals surface area (Å²) in [5.74, 6) is 1.48. The predicted molar refractivity (Wildman–Crippen MR) is 99.0 cm³/mol. The highest BCUT2D eigenvalue weighted by Gasteiger charge is 2.10. The minimum Gasteiger partial charge on any atom is -0.493 e. The number of oxazole rings is 1. The number of methoxy groups -OCH3 is 1. The highest BCUT2D eigenvalue weighted by Crippen LogP contribution is 2.26. The first-order valence-electron chi connectivity index (χ1n) is 8.44. The Hall–Kier alpha value is -3.08. The lowest BCUT2D eigenvalue weighted by Crippen LogP contribution is -2.04. The van der Waals surface area contributed by atoms with Crippen molar-refractivity contribution in [2.45, 2.75) is 13.8 Å². The molecule has 134 valence electrons. The Morgan fingerprint density at radius 2 is 1.69 bits per heavy atom. The molecule has 5 nitrogen and oxygen atoms in total. The zero-order chi connectivity index (χ0) is 18.5. The average molecular weight is 351 g/mol. The Labute approximate surface area is 152 Å². The van der Waals surface area contributed by atoms with Crippen molar-refractivity contribution in [1.82, 2.24) is 4.98 Å². The normalized spacial score (nSPS) is 10.8. The van der Waals surface area contributed by atoms with Crippen LogP contribution in [0.15, 0.2) is 59.2 Å². The van der Waals surface area contributed by atoms with Gasteiger partial charge in [-0.05, 0) is 42.3 Å². The maximum Gasteiger partial charge on any atom is 0.337 e. The number of nitrogens with zero attached hydrogens (tertiary/aromatic N) is 1. The molecular formula is C21H21NO4. The third kappa shape index (κ3) is 4.11. The highest BCUT2D eigenvalue weighted by atomic mass is 16.5. The molecule has 2 aromatic carbocycles. The number of benzene rings is 2. The van der Waals surface area contributed by atoms with Crippen LogP contribution in [0.5, 0.6) is 5.75 Å². The molecule has 1 aromatic heterocycles. The van der Waals surface area contributed by atoms with E-state index in [4.69, 9.17) is 13.9 Å². The van der Waals surface area contributed by atoms with Crippen LogP contribution in [0.25, 0.3) is 22.7 Å². The van der Waals surface area contributed by atoms with E-state index in [1.807, 2.05) is 36.4 Å². The fourth-order valence-electron chi connectivity index (χ4n) is 2.39. The van der Waals surface area contributed by atoms with Crippen LogP contribution in [-0.4, -0.2) is 24.7 Å². The first-order chi connectivity index (χ1) is 12.6. The Morgan fingerprint density at radius 3 is 2.31 bits per heavy atom. The second-order valence-corrected chi connectivity index (χ2v) is 6.34. The largest absolute Gasteiger partial charge is 0.493 e. The van der Waals surface area contributed by atoms with Gasteiger partial charge in [-0.15, -0.1) is 0 Å². The van der Waals surface area contributed by atoms with Crippen LogP contribution in [0.1, 0.15) is 24.2 Å². The molecule has 0 fully saturated rings. The van der Waals surface area contributed by atoms with Gasteiger partial charge in [-0.3, -0.25) is 0 Å². The van der Waals surface area contributed by atoms with E-state index in [-0.39, 0.29) is 5.97 Å². The van der Waals surface area contributed by atoms with E-state index in [1.165, 1.54) is 7.11 Å². The molecule has 0 spiro atoms. The van der Waals surface area contributed by atoms with E-state index in [0.29, 0.717) is 29.7 Å². The second-order valence-electron chi connectivity index (χ2n) is 6.34. The molecule has 0 saturated heterocycles. The number of hydrogen-bond acceptors (Lipinski definition) is 5. The summed E-state index contributed by atoms with van der Waals surface area (Å²) in [5, 5.41) is 0. The molecule has 0 aliphatic rings. The van der Waals surface area contributed by atoms with Crippen molar-refractivity contribution >= 4 is 5.97 Å². The van der Waals surface area contributed by atoms with Crippen molar-refractivity contribution in [3.05, 3.63) is 60.4 Å². The van der Waals surface area contributed by atoms with E-state index < -0.39 is 0 Å². The van der Waals surface area contributed by atoms with Gasteiger partial charge in [-0.2, -0.15) is 0 Å². The number of rotatable bonds is 6. The lowest BCUT2D eigenvalue weighted by atomic mass is 10.1. The van der Waals surface area contributed by atoms with E-state index in [0.717, 1.165) is 16.9 Å². The number of hydrogen-bond donors (Lipinski definition) is 0. The zero-order valence-corrected chi connectivity index (χ0v) is 15.1. The molecule has 0 unspecified atom stereocenters. The first kappa shape index (κ1) is 17.7. The fourth-order valence-corrected chi connectivity index (χ4v) is 2.39. The number of esters is 1. The SMILES string of the molecule is COC(=O)c1ccc(-c2coc(-c3ccc(OCC(C)C)cc3)n2)cc1. The molecule has 0 radical (unpaired) electrons. The van der Waals surface area contributed by atoms with Gasteiger partial charge < -0.3 is 13.9 Å². The van der Waals surface area contributed by atoms with Crippen molar-refractivity contribution in [2.75, 3.05) is 13.7 Å². The summed E-state index contributed by atoms with van der Waals surface area (Å²) in [6, 6.07) is 14.7. The maximum absolute atomic E-state index is 11.5. The van der Waals surface area contributed by atoms with Crippen molar-refractivity contribution in [3.8, 4) is 28.5 Å². The molecular weight excluding hydrogens is 330 g/mol. The fraction of sp³-hybridized carbons (Fsp3) is 0.238. The molecule has 0 saturated carbocycles. The van der Waals surface area contributed by atoms with Gasteiger partial charge in [-0.25, -0.2) is 9.78 Å². The van der Waals surface area contributed by atoms with Gasteiger partial charge in [0, 0.05) is 11.1 Å². The number of ether oxygens (including phenoxy) is 2. The van der Waals surface area contributed by atoms with Gasteiger partial charge in [0.25, 0.3) is 0 Å². The molecule has 3 aromatic rings. The Morgan fingerprint density at radius 1 is 1.04 bits per heavy atom. The molecule has 5 heteroatoms. The molecule has 0 atom stereocenters. The van der Waals surface area contributed by atoms with Crippen molar-refractivity contribution < 1.29 is 18.7 Å². The predicted octanol–water partition coefficient (Wildman–Crippen LogP) is 4.83. The van der Waals surface area contributed by atoms with Gasteiger partial charge in [0.15, 0.2) is 0 Å². The first-order valence-corrected chi connectivity index (χ1v) is 8.44. The van der Waals surface area contributed by atoms with E-state index >= 15 is 0 Å². The van der Waals surface area contributed by atoms with E-state index in [9.17, 15) is 4.79 Å². The molecule has 0 aliphatic heterocycles. The third-order valence-corrected chi connectivity index (χ3v) is 3.79. The average Bonchev–Trinajstić information content (AvgIpc) is 3.16. The molecule has 0 N–H and O–H groups in total. The number of carbonyl (C=O) groups excluding carboxylic acids is 1. The Kier molecular flexibility index (Phi) is 5.37. The van der Waals surface area contributed by atoms with Crippen molar-refractivity contribution in [3.63, 3.8) is 0 Å². The topological polar surface area (TPSA) is 61.6 Å². The lowest BCUT2D eigenvalue weighted by Gasteiger charge is -2.08. The van der Waals surface area contributed by atoms with Crippen LogP contribution in [0, 0.1) is 5.92 Å². The minimum absolute atomic E-state index is 0.364. The van der Waals surface area contributed by atoms with Crippen LogP contribution in [0.2, 0.25) is 0 Å². The van der Waals surface area contributed by atoms with Gasteiger partial charge in [0.2, 0.25) is 5.89 Å². The van der Waals surface area contributed by atoms with Crippen LogP contribution >= 0.6 is 0 Å². The van der Waals surface area contributed by atoms with E-state index in [1.54, 1.807) is 18.4 Å². The van der Waals surface area contributed by atoms with Gasteiger partial charge in [0.1, 0.15) is 17.7 Å². The van der Waals surface area contributed by atoms with Crippen LogP contribution < -0.4 is 4.74 Å². The van der Waals surface area contributed by atoms with Crippen LogP contribution in [-0.2, 0) is 4.74 Å². The van der Waals surface area contributed by atoms with Crippen LogP contribution in [0.4, 0.5) is 0 Å². The summed E-state index contributed by atoms with van der Waals surface area (Å²) in [6.45, 7) is 4.91. The lowest BCUT2D eigenvalue weighted by molar-refractivity contribution is 0.0601. The smallest absolute Gasteiger partial charge is 0.337 e. The standard InChI is InChI=1S/C21H21NO4/c1-14(2)12-25-18-10-8-16(9-11-18)20-22-19(13-26-20)15-4-6-17(7-5-15)21(23)24-3/h4-11,13-14H,12H2,1-3H3. The molecule has 0 amide bonds. The summed E-state index contributed by atoms with van der Waals surface area (Å²) < 4.78 is 16.0. The maximum atomic E-state index is 11.5. The van der Waals surface area contributed by atoms with Crippen molar-refractivity contribution in [2.24, 2.45) is 5.92 Å². The van der Waals surface area contributed by atoms with Crippen LogP contribution in [0.3, 0.4) is 0 Å². The number of aromatic nitrogens is 1. The Bertz CT molecular complexity index is 864. The van der Waals surface area contributed by atoms with Gasteiger partial charge >= 0.3 is 5.97 Å². The Balaban J connectivity index is 1.74. The molecule has 3 rings (SSSR count). The van der Waals surface area contributed by atoms with Gasteiger partial charge in [0.05, 0.1) is 19.3 Å². The zero-order valence-electron chi connectivity index (χ0n) is 15.1. The molecule has 1 heterocycles. The molecule has 0 bridgehead atoms. The monoisotopic (exact) mass is 351 g/mol. The third-order valence-electron chi connectivity index (χ3n) is 3.79. The van der Waals surface area contributed by atoms with Gasteiger partial charge in [-0.1, -0.05) is 26.0 Å². The molecule has 0 aliphatic carbocycles. The number of carbonyl (C=O) groups is 1. The quantitative estimate of drug-likeness (QED) is 0.595. The van der Waals surface area contributed by atoms with Crippen molar-refractivity contribution in [1.29, 1.82) is 0 Å².